The second kappa shape index (κ2) is 8.45. The van der Waals surface area contributed by atoms with Crippen LogP contribution < -0.4 is 10.6 Å². The van der Waals surface area contributed by atoms with Crippen molar-refractivity contribution in [1.82, 2.24) is 15.5 Å². The van der Waals surface area contributed by atoms with Gasteiger partial charge in [0, 0.05) is 19.8 Å². The number of likely N-dealkylation sites (N-methyl/N-ethyl adjacent to an activating group) is 2. The molecule has 21 heavy (non-hydrogen) atoms. The molecule has 0 aliphatic carbocycles. The number of aliphatic carboxylic acids is 1. The predicted octanol–water partition coefficient (Wildman–Crippen LogP) is -1.35. The van der Waals surface area contributed by atoms with Crippen LogP contribution in [-0.4, -0.2) is 74.5 Å². The Morgan fingerprint density at radius 3 is 2.29 bits per heavy atom. The highest BCUT2D eigenvalue weighted by Crippen LogP contribution is 1.98. The van der Waals surface area contributed by atoms with E-state index in [0.29, 0.717) is 6.54 Å². The predicted molar refractivity (Wildman–Crippen MR) is 75.6 cm³/mol. The van der Waals surface area contributed by atoms with Crippen LogP contribution in [0.1, 0.15) is 13.3 Å². The molecule has 3 amide bonds. The van der Waals surface area contributed by atoms with Gasteiger partial charge in [0.15, 0.2) is 0 Å². The smallest absolute Gasteiger partial charge is 0.326 e. The number of nitrogens with one attached hydrogen (secondary N) is 2. The van der Waals surface area contributed by atoms with Crippen molar-refractivity contribution in [3.05, 3.63) is 0 Å². The number of carbonyl (C=O) groups excluding carboxylic acids is 2. The summed E-state index contributed by atoms with van der Waals surface area (Å²) in [7, 11) is -1.99. The summed E-state index contributed by atoms with van der Waals surface area (Å²) < 4.78 is 22.1. The van der Waals surface area contributed by atoms with Crippen molar-refractivity contribution in [3.8, 4) is 0 Å². The topological polar surface area (TPSA) is 133 Å². The number of hydrogen-bond donors (Lipinski definition) is 3. The highest BCUT2D eigenvalue weighted by molar-refractivity contribution is 7.90. The van der Waals surface area contributed by atoms with Crippen LogP contribution in [0.2, 0.25) is 0 Å². The van der Waals surface area contributed by atoms with E-state index in [0.717, 1.165) is 11.2 Å². The fourth-order valence-corrected chi connectivity index (χ4v) is 2.05. The lowest BCUT2D eigenvalue weighted by atomic mass is 10.2. The highest BCUT2D eigenvalue weighted by atomic mass is 32.2. The monoisotopic (exact) mass is 323 g/mol. The molecule has 3 N–H and O–H groups in total. The van der Waals surface area contributed by atoms with Crippen molar-refractivity contribution < 1.29 is 27.9 Å². The number of nitrogens with zero attached hydrogens (tertiary/aromatic N) is 1. The van der Waals surface area contributed by atoms with Crippen molar-refractivity contribution in [3.63, 3.8) is 0 Å². The van der Waals surface area contributed by atoms with E-state index >= 15 is 0 Å². The van der Waals surface area contributed by atoms with E-state index in [1.54, 1.807) is 6.92 Å². The van der Waals surface area contributed by atoms with Gasteiger partial charge in [0.1, 0.15) is 22.4 Å². The zero-order chi connectivity index (χ0) is 16.6. The van der Waals surface area contributed by atoms with Crippen molar-refractivity contribution in [2.75, 3.05) is 32.1 Å². The first kappa shape index (κ1) is 19.2. The summed E-state index contributed by atoms with van der Waals surface area (Å²) in [6, 6.07) is -2.09. The summed E-state index contributed by atoms with van der Waals surface area (Å²) in [4.78, 5) is 35.1. The minimum Gasteiger partial charge on any atom is -0.480 e. The van der Waals surface area contributed by atoms with E-state index in [1.165, 1.54) is 7.05 Å². The van der Waals surface area contributed by atoms with Gasteiger partial charge in [0.05, 0.1) is 5.75 Å². The third-order valence-corrected chi connectivity index (χ3v) is 3.45. The Balaban J connectivity index is 4.53. The number of sulfone groups is 1. The van der Waals surface area contributed by atoms with E-state index in [4.69, 9.17) is 5.11 Å². The van der Waals surface area contributed by atoms with Crippen LogP contribution in [0.5, 0.6) is 0 Å². The Bertz CT molecular complexity index is 490. The van der Waals surface area contributed by atoms with Crippen LogP contribution >= 0.6 is 0 Å². The van der Waals surface area contributed by atoms with Crippen molar-refractivity contribution in [2.45, 2.75) is 19.4 Å². The first-order chi connectivity index (χ1) is 9.56. The fourth-order valence-electron chi connectivity index (χ4n) is 1.39. The molecule has 10 heteroatoms. The maximum absolute atomic E-state index is 11.7. The van der Waals surface area contributed by atoms with E-state index < -0.39 is 27.9 Å². The largest absolute Gasteiger partial charge is 0.480 e. The number of urea groups is 1. The number of carboxylic acid groups (broad SMARTS) is 1. The molecule has 0 aliphatic rings. The van der Waals surface area contributed by atoms with E-state index in [9.17, 15) is 22.8 Å². The Kier molecular flexibility index (Phi) is 7.71. The minimum absolute atomic E-state index is 0.224. The number of carboxylic acids is 1. The Morgan fingerprint density at radius 2 is 1.86 bits per heavy atom. The molecule has 1 atom stereocenters. The fraction of sp³-hybridized carbons (Fsp3) is 0.727. The lowest BCUT2D eigenvalue weighted by molar-refractivity contribution is -0.139. The van der Waals surface area contributed by atoms with Gasteiger partial charge in [-0.1, -0.05) is 0 Å². The average molecular weight is 323 g/mol. The summed E-state index contributed by atoms with van der Waals surface area (Å²) in [6.07, 6.45) is 0.740. The van der Waals surface area contributed by atoms with Gasteiger partial charge in [0.2, 0.25) is 5.91 Å². The molecule has 0 heterocycles. The van der Waals surface area contributed by atoms with Gasteiger partial charge in [-0.15, -0.1) is 0 Å². The molecule has 0 aromatic carbocycles. The molecular weight excluding hydrogens is 302 g/mol. The summed E-state index contributed by atoms with van der Waals surface area (Å²) in [6.45, 7) is 1.92. The molecule has 0 aliphatic heterocycles. The molecule has 0 saturated carbocycles. The number of hydrogen-bond acceptors (Lipinski definition) is 5. The summed E-state index contributed by atoms with van der Waals surface area (Å²) >= 11 is 0. The molecule has 0 fully saturated rings. The number of carbonyl (C=O) groups is 3. The second-order valence-corrected chi connectivity index (χ2v) is 6.83. The summed E-state index contributed by atoms with van der Waals surface area (Å²) in [5, 5.41) is 13.6. The van der Waals surface area contributed by atoms with Gasteiger partial charge in [-0.25, -0.2) is 18.0 Å². The van der Waals surface area contributed by atoms with Gasteiger partial charge in [-0.05, 0) is 13.3 Å². The Labute approximate surface area is 123 Å². The minimum atomic E-state index is -3.33. The quantitative estimate of drug-likeness (QED) is 0.506. The van der Waals surface area contributed by atoms with Gasteiger partial charge >= 0.3 is 12.0 Å². The first-order valence-electron chi connectivity index (χ1n) is 6.25. The lowest BCUT2D eigenvalue weighted by Crippen LogP contribution is -2.49. The summed E-state index contributed by atoms with van der Waals surface area (Å²) in [5.41, 5.74) is 0. The standard InChI is InChI=1S/C11H21N3O6S/c1-4-12-9(15)7-14(2)11(18)13-8(10(16)17)5-6-21(3,19)20/h8H,4-7H2,1-3H3,(H,12,15)(H,13,18)(H,16,17). The molecule has 0 spiro atoms. The third-order valence-electron chi connectivity index (χ3n) is 2.47. The zero-order valence-electron chi connectivity index (χ0n) is 12.2. The van der Waals surface area contributed by atoms with Crippen molar-refractivity contribution in [1.29, 1.82) is 0 Å². The van der Waals surface area contributed by atoms with Crippen LogP contribution in [-0.2, 0) is 19.4 Å². The number of amides is 3. The molecular formula is C11H21N3O6S. The summed E-state index contributed by atoms with van der Waals surface area (Å²) in [5.74, 6) is -2.07. The van der Waals surface area contributed by atoms with E-state index in [2.05, 4.69) is 10.6 Å². The van der Waals surface area contributed by atoms with Gasteiger partial charge in [0.25, 0.3) is 0 Å². The number of rotatable bonds is 8. The molecule has 1 unspecified atom stereocenters. The lowest BCUT2D eigenvalue weighted by Gasteiger charge is -2.20. The molecule has 0 rings (SSSR count). The average Bonchev–Trinajstić information content (AvgIpc) is 2.32. The second-order valence-electron chi connectivity index (χ2n) is 4.57. The van der Waals surface area contributed by atoms with E-state index in [-0.39, 0.29) is 24.6 Å². The Morgan fingerprint density at radius 1 is 1.29 bits per heavy atom. The van der Waals surface area contributed by atoms with Crippen LogP contribution in [0.3, 0.4) is 0 Å². The van der Waals surface area contributed by atoms with E-state index in [1.807, 2.05) is 0 Å². The van der Waals surface area contributed by atoms with Crippen LogP contribution in [0.15, 0.2) is 0 Å². The van der Waals surface area contributed by atoms with Gasteiger partial charge in [-0.3, -0.25) is 4.79 Å². The maximum Gasteiger partial charge on any atom is 0.326 e. The molecule has 122 valence electrons. The van der Waals surface area contributed by atoms with Crippen LogP contribution in [0.4, 0.5) is 4.79 Å². The molecule has 0 aromatic heterocycles. The van der Waals surface area contributed by atoms with Crippen LogP contribution in [0.25, 0.3) is 0 Å². The molecule has 9 nitrogen and oxygen atoms in total. The maximum atomic E-state index is 11.7. The molecule has 0 saturated heterocycles. The van der Waals surface area contributed by atoms with Gasteiger partial charge in [-0.2, -0.15) is 0 Å². The normalized spacial score (nSPS) is 12.3. The van der Waals surface area contributed by atoms with Gasteiger partial charge < -0.3 is 20.6 Å². The molecule has 0 radical (unpaired) electrons. The van der Waals surface area contributed by atoms with Crippen LogP contribution in [0, 0.1) is 0 Å². The highest BCUT2D eigenvalue weighted by Gasteiger charge is 2.23. The molecule has 0 aromatic rings. The zero-order valence-corrected chi connectivity index (χ0v) is 13.1. The Hall–Kier alpha value is -1.84. The SMILES string of the molecule is CCNC(=O)CN(C)C(=O)NC(CCS(C)(=O)=O)C(=O)O. The van der Waals surface area contributed by atoms with Crippen molar-refractivity contribution in [2.24, 2.45) is 0 Å². The molecule has 0 bridgehead atoms. The van der Waals surface area contributed by atoms with Crippen molar-refractivity contribution >= 4 is 27.7 Å². The first-order valence-corrected chi connectivity index (χ1v) is 8.31. The third kappa shape index (κ3) is 8.84.